The molecule has 0 saturated heterocycles. The summed E-state index contributed by atoms with van der Waals surface area (Å²) in [6, 6.07) is 4.96. The molecule has 0 aliphatic carbocycles. The Balaban J connectivity index is 2.15. The molecule has 0 aliphatic heterocycles. The Morgan fingerprint density at radius 2 is 2.21 bits per heavy atom. The first-order valence-electron chi connectivity index (χ1n) is 6.63. The monoisotopic (exact) mass is 266 g/mol. The van der Waals surface area contributed by atoms with Crippen LogP contribution in [-0.2, 0) is 16.1 Å². The van der Waals surface area contributed by atoms with Gasteiger partial charge in [0.2, 0.25) is 5.91 Å². The van der Waals surface area contributed by atoms with E-state index < -0.39 is 0 Å². The zero-order valence-electron chi connectivity index (χ0n) is 11.6. The quantitative estimate of drug-likeness (QED) is 0.718. The van der Waals surface area contributed by atoms with E-state index in [4.69, 9.17) is 4.74 Å². The van der Waals surface area contributed by atoms with E-state index >= 15 is 0 Å². The van der Waals surface area contributed by atoms with Gasteiger partial charge in [-0.2, -0.15) is 0 Å². The van der Waals surface area contributed by atoms with Crippen LogP contribution in [0.15, 0.2) is 29.2 Å². The number of aryl methyl sites for hydroxylation is 1. The van der Waals surface area contributed by atoms with Gasteiger partial charge in [0.15, 0.2) is 0 Å². The molecule has 1 N–H and O–H groups in total. The number of carbonyl (C=O) groups excluding carboxylic acids is 1. The molecule has 0 aliphatic rings. The maximum absolute atomic E-state index is 11.6. The van der Waals surface area contributed by atoms with Gasteiger partial charge in [-0.05, 0) is 26.3 Å². The highest BCUT2D eigenvalue weighted by Crippen LogP contribution is 1.91. The number of hydrogen-bond donors (Lipinski definition) is 1. The fourth-order valence-corrected chi connectivity index (χ4v) is 1.57. The third kappa shape index (κ3) is 6.76. The SMILES string of the molecule is CC(C)OCCCNC(=O)CCn1ccccc1=O. The molecule has 1 aromatic heterocycles. The van der Waals surface area contributed by atoms with Gasteiger partial charge in [-0.15, -0.1) is 0 Å². The molecule has 0 aromatic carbocycles. The van der Waals surface area contributed by atoms with Crippen LogP contribution in [0.2, 0.25) is 0 Å². The normalized spacial score (nSPS) is 10.7. The summed E-state index contributed by atoms with van der Waals surface area (Å²) < 4.78 is 6.90. The number of carbonyl (C=O) groups is 1. The molecule has 106 valence electrons. The molecular weight excluding hydrogens is 244 g/mol. The number of amides is 1. The zero-order valence-corrected chi connectivity index (χ0v) is 11.6. The Morgan fingerprint density at radius 3 is 2.89 bits per heavy atom. The van der Waals surface area contributed by atoms with Crippen molar-refractivity contribution in [3.8, 4) is 0 Å². The summed E-state index contributed by atoms with van der Waals surface area (Å²) in [5.74, 6) is -0.0414. The number of nitrogens with one attached hydrogen (secondary N) is 1. The molecular formula is C14H22N2O3. The minimum atomic E-state index is -0.0827. The highest BCUT2D eigenvalue weighted by atomic mass is 16.5. The lowest BCUT2D eigenvalue weighted by atomic mass is 10.3. The number of nitrogens with zero attached hydrogens (tertiary/aromatic N) is 1. The first-order valence-corrected chi connectivity index (χ1v) is 6.63. The molecule has 0 spiro atoms. The molecule has 1 amide bonds. The van der Waals surface area contributed by atoms with Gasteiger partial charge in [0.25, 0.3) is 5.56 Å². The number of pyridine rings is 1. The van der Waals surface area contributed by atoms with E-state index in [0.29, 0.717) is 26.1 Å². The van der Waals surface area contributed by atoms with Crippen molar-refractivity contribution in [1.82, 2.24) is 9.88 Å². The van der Waals surface area contributed by atoms with Crippen LogP contribution in [0.3, 0.4) is 0 Å². The van der Waals surface area contributed by atoms with Gasteiger partial charge in [0.05, 0.1) is 6.10 Å². The van der Waals surface area contributed by atoms with Crippen LogP contribution in [0, 0.1) is 0 Å². The van der Waals surface area contributed by atoms with Crippen molar-refractivity contribution < 1.29 is 9.53 Å². The van der Waals surface area contributed by atoms with E-state index in [-0.39, 0.29) is 17.6 Å². The Hall–Kier alpha value is -1.62. The van der Waals surface area contributed by atoms with E-state index in [1.165, 1.54) is 10.6 Å². The minimum Gasteiger partial charge on any atom is -0.379 e. The van der Waals surface area contributed by atoms with Gasteiger partial charge in [-0.3, -0.25) is 9.59 Å². The highest BCUT2D eigenvalue weighted by molar-refractivity contribution is 5.75. The molecule has 0 saturated carbocycles. The summed E-state index contributed by atoms with van der Waals surface area (Å²) in [6.45, 7) is 5.63. The van der Waals surface area contributed by atoms with Crippen molar-refractivity contribution in [3.63, 3.8) is 0 Å². The van der Waals surface area contributed by atoms with Gasteiger partial charge < -0.3 is 14.6 Å². The first-order chi connectivity index (χ1) is 9.09. The molecule has 0 bridgehead atoms. The van der Waals surface area contributed by atoms with Crippen LogP contribution in [0.4, 0.5) is 0 Å². The predicted octanol–water partition coefficient (Wildman–Crippen LogP) is 1.17. The number of rotatable bonds is 8. The summed E-state index contributed by atoms with van der Waals surface area (Å²) in [7, 11) is 0. The summed E-state index contributed by atoms with van der Waals surface area (Å²) in [5, 5.41) is 2.81. The zero-order chi connectivity index (χ0) is 14.1. The summed E-state index contributed by atoms with van der Waals surface area (Å²) >= 11 is 0. The summed E-state index contributed by atoms with van der Waals surface area (Å²) in [6.07, 6.45) is 3.02. The van der Waals surface area contributed by atoms with E-state index in [2.05, 4.69) is 5.32 Å². The third-order valence-corrected chi connectivity index (χ3v) is 2.57. The summed E-state index contributed by atoms with van der Waals surface area (Å²) in [4.78, 5) is 23.0. The van der Waals surface area contributed by atoms with Gasteiger partial charge in [-0.1, -0.05) is 6.07 Å². The average molecular weight is 266 g/mol. The van der Waals surface area contributed by atoms with E-state index in [9.17, 15) is 9.59 Å². The highest BCUT2D eigenvalue weighted by Gasteiger charge is 2.02. The number of hydrogen-bond acceptors (Lipinski definition) is 3. The van der Waals surface area contributed by atoms with Crippen LogP contribution in [0.25, 0.3) is 0 Å². The van der Waals surface area contributed by atoms with E-state index in [1.54, 1.807) is 18.3 Å². The smallest absolute Gasteiger partial charge is 0.250 e. The number of ether oxygens (including phenoxy) is 1. The van der Waals surface area contributed by atoms with Gasteiger partial charge in [0, 0.05) is 38.4 Å². The first kappa shape index (κ1) is 15.4. The van der Waals surface area contributed by atoms with Gasteiger partial charge >= 0.3 is 0 Å². The Kier molecular flexibility index (Phi) is 6.89. The molecule has 1 aromatic rings. The lowest BCUT2D eigenvalue weighted by molar-refractivity contribution is -0.121. The van der Waals surface area contributed by atoms with Gasteiger partial charge in [-0.25, -0.2) is 0 Å². The minimum absolute atomic E-state index is 0.0414. The van der Waals surface area contributed by atoms with E-state index in [0.717, 1.165) is 6.42 Å². The Morgan fingerprint density at radius 1 is 1.42 bits per heavy atom. The second-order valence-corrected chi connectivity index (χ2v) is 4.61. The molecule has 0 atom stereocenters. The van der Waals surface area contributed by atoms with Crippen LogP contribution < -0.4 is 10.9 Å². The van der Waals surface area contributed by atoms with Gasteiger partial charge in [0.1, 0.15) is 0 Å². The van der Waals surface area contributed by atoms with Crippen LogP contribution in [0.1, 0.15) is 26.7 Å². The molecule has 0 fully saturated rings. The molecule has 19 heavy (non-hydrogen) atoms. The second-order valence-electron chi connectivity index (χ2n) is 4.61. The molecule has 5 heteroatoms. The van der Waals surface area contributed by atoms with Crippen molar-refractivity contribution in [1.29, 1.82) is 0 Å². The lowest BCUT2D eigenvalue weighted by Gasteiger charge is -2.08. The second kappa shape index (κ2) is 8.48. The molecule has 0 radical (unpaired) electrons. The third-order valence-electron chi connectivity index (χ3n) is 2.57. The van der Waals surface area contributed by atoms with Crippen LogP contribution in [-0.4, -0.2) is 29.7 Å². The van der Waals surface area contributed by atoms with Crippen LogP contribution in [0.5, 0.6) is 0 Å². The van der Waals surface area contributed by atoms with Crippen molar-refractivity contribution in [2.45, 2.75) is 39.3 Å². The molecule has 1 heterocycles. The predicted molar refractivity (Wildman–Crippen MR) is 74.0 cm³/mol. The topological polar surface area (TPSA) is 60.3 Å². The average Bonchev–Trinajstić information content (AvgIpc) is 2.37. The Labute approximate surface area is 113 Å². The van der Waals surface area contributed by atoms with Crippen molar-refractivity contribution in [3.05, 3.63) is 34.7 Å². The fraction of sp³-hybridized carbons (Fsp3) is 0.571. The fourth-order valence-electron chi connectivity index (χ4n) is 1.57. The van der Waals surface area contributed by atoms with E-state index in [1.807, 2.05) is 13.8 Å². The standard InChI is InChI=1S/C14H22N2O3/c1-12(2)19-11-5-8-15-13(17)7-10-16-9-4-3-6-14(16)18/h3-4,6,9,12H,5,7-8,10-11H2,1-2H3,(H,15,17). The Bertz CT molecular complexity index is 440. The maximum atomic E-state index is 11.6. The van der Waals surface area contributed by atoms with Crippen LogP contribution >= 0.6 is 0 Å². The van der Waals surface area contributed by atoms with Crippen molar-refractivity contribution >= 4 is 5.91 Å². The summed E-state index contributed by atoms with van der Waals surface area (Å²) in [5.41, 5.74) is -0.0827. The lowest BCUT2D eigenvalue weighted by Crippen LogP contribution is -2.28. The number of aromatic nitrogens is 1. The largest absolute Gasteiger partial charge is 0.379 e. The maximum Gasteiger partial charge on any atom is 0.250 e. The molecule has 5 nitrogen and oxygen atoms in total. The van der Waals surface area contributed by atoms with Crippen molar-refractivity contribution in [2.24, 2.45) is 0 Å². The van der Waals surface area contributed by atoms with Crippen molar-refractivity contribution in [2.75, 3.05) is 13.2 Å². The molecule has 0 unspecified atom stereocenters. The molecule has 1 rings (SSSR count).